The monoisotopic (exact) mass is 456 g/mol. The second kappa shape index (κ2) is 10.0. The standard InChI is InChI=1S/C23H25ClN4O4/c1-16(31-20-6-4-3-5-19(20)24)23(29)28-13-11-27(12-14-28)15-21-25-22(26-32-21)17-7-9-18(30-2)10-8-17/h3-10,16H,11-15H2,1-2H3. The minimum absolute atomic E-state index is 0.0517. The lowest BCUT2D eigenvalue weighted by Crippen LogP contribution is -2.51. The highest BCUT2D eigenvalue weighted by Crippen LogP contribution is 2.25. The number of aromatic nitrogens is 2. The predicted molar refractivity (Wildman–Crippen MR) is 120 cm³/mol. The highest BCUT2D eigenvalue weighted by Gasteiger charge is 2.27. The van der Waals surface area contributed by atoms with E-state index in [0.717, 1.165) is 11.3 Å². The Hall–Kier alpha value is -3.10. The molecule has 1 aliphatic rings. The van der Waals surface area contributed by atoms with Gasteiger partial charge >= 0.3 is 0 Å². The number of para-hydroxylation sites is 1. The van der Waals surface area contributed by atoms with Gasteiger partial charge in [0.1, 0.15) is 11.5 Å². The summed E-state index contributed by atoms with van der Waals surface area (Å²) in [4.78, 5) is 21.3. The van der Waals surface area contributed by atoms with Crippen LogP contribution in [0.2, 0.25) is 5.02 Å². The van der Waals surface area contributed by atoms with Crippen molar-refractivity contribution in [1.82, 2.24) is 19.9 Å². The molecule has 1 atom stereocenters. The van der Waals surface area contributed by atoms with Crippen molar-refractivity contribution < 1.29 is 18.8 Å². The number of amides is 1. The van der Waals surface area contributed by atoms with Gasteiger partial charge < -0.3 is 18.9 Å². The van der Waals surface area contributed by atoms with E-state index < -0.39 is 6.10 Å². The maximum atomic E-state index is 12.8. The van der Waals surface area contributed by atoms with Crippen LogP contribution < -0.4 is 9.47 Å². The van der Waals surface area contributed by atoms with Crippen LogP contribution in [0.3, 0.4) is 0 Å². The number of halogens is 1. The Morgan fingerprint density at radius 3 is 2.53 bits per heavy atom. The summed E-state index contributed by atoms with van der Waals surface area (Å²) in [6.45, 7) is 4.92. The molecular weight excluding hydrogens is 432 g/mol. The molecule has 1 aliphatic heterocycles. The summed E-state index contributed by atoms with van der Waals surface area (Å²) in [5.41, 5.74) is 0.865. The van der Waals surface area contributed by atoms with Crippen molar-refractivity contribution in [2.45, 2.75) is 19.6 Å². The Bertz CT molecular complexity index is 1050. The number of piperazine rings is 1. The molecule has 1 unspecified atom stereocenters. The van der Waals surface area contributed by atoms with Crippen molar-refractivity contribution in [3.05, 3.63) is 59.4 Å². The average molecular weight is 457 g/mol. The molecule has 1 saturated heterocycles. The maximum Gasteiger partial charge on any atom is 0.263 e. The fourth-order valence-corrected chi connectivity index (χ4v) is 3.71. The molecule has 0 bridgehead atoms. The summed E-state index contributed by atoms with van der Waals surface area (Å²) in [6.07, 6.45) is -0.607. The fraction of sp³-hybridized carbons (Fsp3) is 0.348. The Balaban J connectivity index is 1.28. The molecule has 8 nitrogen and oxygen atoms in total. The summed E-state index contributed by atoms with van der Waals surface area (Å²) in [6, 6.07) is 14.7. The quantitative estimate of drug-likeness (QED) is 0.538. The van der Waals surface area contributed by atoms with Crippen molar-refractivity contribution >= 4 is 17.5 Å². The zero-order valence-corrected chi connectivity index (χ0v) is 18.8. The number of carbonyl (C=O) groups is 1. The first kappa shape index (κ1) is 22.1. The molecule has 0 N–H and O–H groups in total. The van der Waals surface area contributed by atoms with Crippen LogP contribution in [0, 0.1) is 0 Å². The molecule has 0 saturated carbocycles. The van der Waals surface area contributed by atoms with Gasteiger partial charge in [0, 0.05) is 31.7 Å². The van der Waals surface area contributed by atoms with E-state index in [9.17, 15) is 4.79 Å². The van der Waals surface area contributed by atoms with Gasteiger partial charge in [-0.05, 0) is 43.3 Å². The van der Waals surface area contributed by atoms with Crippen LogP contribution in [0.5, 0.6) is 11.5 Å². The van der Waals surface area contributed by atoms with Crippen molar-refractivity contribution in [1.29, 1.82) is 0 Å². The second-order valence-corrected chi connectivity index (χ2v) is 7.94. The Kier molecular flexibility index (Phi) is 6.92. The van der Waals surface area contributed by atoms with Crippen LogP contribution in [0.1, 0.15) is 12.8 Å². The highest BCUT2D eigenvalue weighted by atomic mass is 35.5. The van der Waals surface area contributed by atoms with Crippen LogP contribution in [0.15, 0.2) is 53.1 Å². The van der Waals surface area contributed by atoms with E-state index in [1.54, 1.807) is 26.2 Å². The zero-order chi connectivity index (χ0) is 22.5. The van der Waals surface area contributed by atoms with Crippen molar-refractivity contribution in [2.75, 3.05) is 33.3 Å². The summed E-state index contributed by atoms with van der Waals surface area (Å²) in [7, 11) is 1.63. The summed E-state index contributed by atoms with van der Waals surface area (Å²) in [5, 5.41) is 4.57. The highest BCUT2D eigenvalue weighted by molar-refractivity contribution is 6.32. The lowest BCUT2D eigenvalue weighted by Gasteiger charge is -2.35. The molecule has 2 aromatic carbocycles. The first-order valence-electron chi connectivity index (χ1n) is 10.4. The molecule has 9 heteroatoms. The number of rotatable bonds is 7. The van der Waals surface area contributed by atoms with Gasteiger partial charge in [0.15, 0.2) is 6.10 Å². The molecule has 1 amide bonds. The van der Waals surface area contributed by atoms with E-state index in [2.05, 4.69) is 15.0 Å². The number of hydrogen-bond acceptors (Lipinski definition) is 7. The SMILES string of the molecule is COc1ccc(-c2noc(CN3CCN(C(=O)C(C)Oc4ccccc4Cl)CC3)n2)cc1. The van der Waals surface area contributed by atoms with Crippen molar-refractivity contribution in [3.8, 4) is 22.9 Å². The van der Waals surface area contributed by atoms with Crippen LogP contribution in [0.4, 0.5) is 0 Å². The van der Waals surface area contributed by atoms with Gasteiger partial charge in [-0.25, -0.2) is 0 Å². The minimum Gasteiger partial charge on any atom is -0.497 e. The third kappa shape index (κ3) is 5.20. The van der Waals surface area contributed by atoms with Gasteiger partial charge in [-0.3, -0.25) is 9.69 Å². The average Bonchev–Trinajstić information content (AvgIpc) is 3.29. The molecule has 1 aromatic heterocycles. The number of carbonyl (C=O) groups excluding carboxylic acids is 1. The van der Waals surface area contributed by atoms with Crippen LogP contribution in [0.25, 0.3) is 11.4 Å². The molecular formula is C23H25ClN4O4. The minimum atomic E-state index is -0.607. The van der Waals surface area contributed by atoms with Crippen molar-refractivity contribution in [3.63, 3.8) is 0 Å². The summed E-state index contributed by atoms with van der Waals surface area (Å²) >= 11 is 6.13. The van der Waals surface area contributed by atoms with E-state index in [1.807, 2.05) is 41.3 Å². The number of benzene rings is 2. The summed E-state index contributed by atoms with van der Waals surface area (Å²) in [5.74, 6) is 2.33. The maximum absolute atomic E-state index is 12.8. The fourth-order valence-electron chi connectivity index (χ4n) is 3.53. The lowest BCUT2D eigenvalue weighted by molar-refractivity contribution is -0.139. The third-order valence-electron chi connectivity index (χ3n) is 5.35. The summed E-state index contributed by atoms with van der Waals surface area (Å²) < 4.78 is 16.4. The Morgan fingerprint density at radius 1 is 1.12 bits per heavy atom. The van der Waals surface area contributed by atoms with Crippen molar-refractivity contribution in [2.24, 2.45) is 0 Å². The zero-order valence-electron chi connectivity index (χ0n) is 18.0. The van der Waals surface area contributed by atoms with Crippen LogP contribution >= 0.6 is 11.6 Å². The Labute approximate surface area is 191 Å². The number of nitrogens with zero attached hydrogens (tertiary/aromatic N) is 4. The topological polar surface area (TPSA) is 80.9 Å². The molecule has 168 valence electrons. The first-order chi connectivity index (χ1) is 15.5. The van der Waals surface area contributed by atoms with Gasteiger partial charge in [0.25, 0.3) is 5.91 Å². The first-order valence-corrected chi connectivity index (χ1v) is 10.8. The lowest BCUT2D eigenvalue weighted by atomic mass is 10.2. The smallest absolute Gasteiger partial charge is 0.263 e. The van der Waals surface area contributed by atoms with Gasteiger partial charge in [0.05, 0.1) is 18.7 Å². The van der Waals surface area contributed by atoms with Gasteiger partial charge in [-0.1, -0.05) is 28.9 Å². The number of hydrogen-bond donors (Lipinski definition) is 0. The van der Waals surface area contributed by atoms with E-state index in [4.69, 9.17) is 25.6 Å². The molecule has 4 rings (SSSR count). The predicted octanol–water partition coefficient (Wildman–Crippen LogP) is 3.51. The molecule has 2 heterocycles. The second-order valence-electron chi connectivity index (χ2n) is 7.53. The van der Waals surface area contributed by atoms with E-state index in [-0.39, 0.29) is 5.91 Å². The van der Waals surface area contributed by atoms with Crippen LogP contribution in [-0.2, 0) is 11.3 Å². The van der Waals surface area contributed by atoms with E-state index in [0.29, 0.717) is 55.2 Å². The molecule has 0 radical (unpaired) electrons. The largest absolute Gasteiger partial charge is 0.497 e. The molecule has 0 spiro atoms. The van der Waals surface area contributed by atoms with E-state index in [1.165, 1.54) is 0 Å². The number of ether oxygens (including phenoxy) is 2. The molecule has 0 aliphatic carbocycles. The Morgan fingerprint density at radius 2 is 1.84 bits per heavy atom. The molecule has 32 heavy (non-hydrogen) atoms. The van der Waals surface area contributed by atoms with Crippen LogP contribution in [-0.4, -0.2) is 65.2 Å². The molecule has 1 fully saturated rings. The van der Waals surface area contributed by atoms with Gasteiger partial charge in [-0.15, -0.1) is 0 Å². The number of methoxy groups -OCH3 is 1. The third-order valence-corrected chi connectivity index (χ3v) is 5.66. The van der Waals surface area contributed by atoms with E-state index >= 15 is 0 Å². The normalized spacial score (nSPS) is 15.4. The molecule has 3 aromatic rings. The van der Waals surface area contributed by atoms with Gasteiger partial charge in [-0.2, -0.15) is 4.98 Å². The van der Waals surface area contributed by atoms with Gasteiger partial charge in [0.2, 0.25) is 11.7 Å².